The van der Waals surface area contributed by atoms with Gasteiger partial charge in [-0.05, 0) is 25.8 Å². The van der Waals surface area contributed by atoms with Crippen LogP contribution in [-0.2, 0) is 21.6 Å². The summed E-state index contributed by atoms with van der Waals surface area (Å²) in [6.45, 7) is -0.0846. The van der Waals surface area contributed by atoms with Crippen molar-refractivity contribution in [2.45, 2.75) is 50.4 Å². The van der Waals surface area contributed by atoms with Crippen molar-refractivity contribution >= 4 is 26.9 Å². The Morgan fingerprint density at radius 1 is 1.20 bits per heavy atom. The van der Waals surface area contributed by atoms with Gasteiger partial charge in [0.15, 0.2) is 5.65 Å². The molecular weight excluding hydrogens is 503 g/mol. The van der Waals surface area contributed by atoms with Gasteiger partial charge in [-0.1, -0.05) is 0 Å². The molecule has 0 aromatic carbocycles. The topological polar surface area (TPSA) is 112 Å². The number of aromatic nitrogens is 3. The summed E-state index contributed by atoms with van der Waals surface area (Å²) in [4.78, 5) is 21.2. The van der Waals surface area contributed by atoms with Crippen LogP contribution in [0, 0.1) is 0 Å². The number of nitrogens with zero attached hydrogens (tertiary/aromatic N) is 3. The Kier molecular flexibility index (Phi) is 7.89. The second-order valence-electron chi connectivity index (χ2n) is 8.63. The Morgan fingerprint density at radius 3 is 2.46 bits per heavy atom. The summed E-state index contributed by atoms with van der Waals surface area (Å²) in [6.07, 6.45) is -10.2. The van der Waals surface area contributed by atoms with Crippen molar-refractivity contribution in [2.75, 3.05) is 24.7 Å². The molecule has 1 amide bonds. The van der Waals surface area contributed by atoms with Gasteiger partial charge in [0.25, 0.3) is 12.3 Å². The number of amides is 1. The van der Waals surface area contributed by atoms with Crippen LogP contribution < -0.4 is 10.1 Å². The van der Waals surface area contributed by atoms with Gasteiger partial charge in [-0.25, -0.2) is 22.2 Å². The van der Waals surface area contributed by atoms with E-state index in [9.17, 15) is 35.2 Å². The van der Waals surface area contributed by atoms with E-state index in [1.54, 1.807) is 6.92 Å². The lowest BCUT2D eigenvalue weighted by Crippen LogP contribution is -2.51. The standard InChI is InChI=1S/C20H25F5N4O5S/c1-19(5-7-35(31,32)8-6-19)28-18(30)17-26-13-3-4-15(27-16(13)29(17)2)34-10-12(9-20(23,24)25)33-11-14(21)22/h3-4,12,14H,5-11H2,1-2H3,(H,28,30)/t12-/m0/s1. The summed E-state index contributed by atoms with van der Waals surface area (Å²) in [5, 5.41) is 2.82. The SMILES string of the molecule is Cn1c(C(=O)NC2(C)CCS(=O)(=O)CC2)nc2ccc(OC[C@H](CC(F)(F)F)OCC(F)F)nc21. The van der Waals surface area contributed by atoms with Gasteiger partial charge in [-0.15, -0.1) is 0 Å². The highest BCUT2D eigenvalue weighted by atomic mass is 32.2. The van der Waals surface area contributed by atoms with Gasteiger partial charge in [-0.3, -0.25) is 4.79 Å². The van der Waals surface area contributed by atoms with E-state index in [1.807, 2.05) is 0 Å². The minimum atomic E-state index is -4.64. The number of rotatable bonds is 9. The van der Waals surface area contributed by atoms with Crippen LogP contribution in [0.5, 0.6) is 5.88 Å². The number of hydrogen-bond acceptors (Lipinski definition) is 7. The van der Waals surface area contributed by atoms with Crippen molar-refractivity contribution < 1.29 is 44.6 Å². The number of carbonyl (C=O) groups excluding carboxylic acids is 1. The molecule has 0 saturated carbocycles. The van der Waals surface area contributed by atoms with Crippen LogP contribution in [0.3, 0.4) is 0 Å². The number of nitrogens with one attached hydrogen (secondary N) is 1. The molecule has 1 fully saturated rings. The van der Waals surface area contributed by atoms with Crippen molar-refractivity contribution in [3.63, 3.8) is 0 Å². The van der Waals surface area contributed by atoms with Crippen LogP contribution in [0.2, 0.25) is 0 Å². The van der Waals surface area contributed by atoms with Gasteiger partial charge < -0.3 is 19.4 Å². The maximum atomic E-state index is 12.8. The molecule has 2 aromatic heterocycles. The molecule has 9 nitrogen and oxygen atoms in total. The quantitative estimate of drug-likeness (QED) is 0.498. The number of fused-ring (bicyclic) bond motifs is 1. The molecule has 1 saturated heterocycles. The second kappa shape index (κ2) is 10.2. The fourth-order valence-electron chi connectivity index (χ4n) is 3.59. The second-order valence-corrected chi connectivity index (χ2v) is 10.9. The first kappa shape index (κ1) is 27.0. The van der Waals surface area contributed by atoms with Gasteiger partial charge >= 0.3 is 6.18 Å². The normalized spacial score (nSPS) is 18.5. The van der Waals surface area contributed by atoms with Crippen LogP contribution in [0.25, 0.3) is 11.2 Å². The molecular formula is C20H25F5N4O5S. The maximum Gasteiger partial charge on any atom is 0.391 e. The first-order chi connectivity index (χ1) is 16.2. The van der Waals surface area contributed by atoms with Gasteiger partial charge in [0.05, 0.1) is 17.9 Å². The number of carbonyl (C=O) groups is 1. The highest BCUT2D eigenvalue weighted by Crippen LogP contribution is 2.26. The number of alkyl halides is 5. The molecule has 0 unspecified atom stereocenters. The van der Waals surface area contributed by atoms with Crippen molar-refractivity contribution in [1.82, 2.24) is 19.9 Å². The summed E-state index contributed by atoms with van der Waals surface area (Å²) < 4.78 is 97.4. The Bertz CT molecular complexity index is 1150. The first-order valence-electron chi connectivity index (χ1n) is 10.6. The Balaban J connectivity index is 1.71. The molecule has 1 N–H and O–H groups in total. The molecule has 1 aliphatic heterocycles. The molecule has 2 aromatic rings. The summed E-state index contributed by atoms with van der Waals surface area (Å²) in [6, 6.07) is 2.77. The molecule has 3 heterocycles. The van der Waals surface area contributed by atoms with E-state index in [0.29, 0.717) is 5.52 Å². The third-order valence-electron chi connectivity index (χ3n) is 5.57. The molecule has 35 heavy (non-hydrogen) atoms. The average Bonchev–Trinajstić information content (AvgIpc) is 3.08. The van der Waals surface area contributed by atoms with Crippen LogP contribution >= 0.6 is 0 Å². The lowest BCUT2D eigenvalue weighted by molar-refractivity contribution is -0.169. The molecule has 15 heteroatoms. The predicted molar refractivity (Wildman–Crippen MR) is 114 cm³/mol. The van der Waals surface area contributed by atoms with E-state index in [0.717, 1.165) is 0 Å². The number of aryl methyl sites for hydroxylation is 1. The van der Waals surface area contributed by atoms with Crippen LogP contribution in [0.4, 0.5) is 22.0 Å². The molecule has 3 rings (SSSR count). The fraction of sp³-hybridized carbons (Fsp3) is 0.650. The number of sulfone groups is 1. The summed E-state index contributed by atoms with van der Waals surface area (Å²) in [7, 11) is -1.62. The Hall–Kier alpha value is -2.55. The summed E-state index contributed by atoms with van der Waals surface area (Å²) in [5.74, 6) is -0.727. The number of halogens is 5. The fourth-order valence-corrected chi connectivity index (χ4v) is 5.31. The lowest BCUT2D eigenvalue weighted by atomic mass is 9.95. The van der Waals surface area contributed by atoms with Gasteiger partial charge in [-0.2, -0.15) is 18.2 Å². The van der Waals surface area contributed by atoms with E-state index in [2.05, 4.69) is 20.0 Å². The molecule has 0 aliphatic carbocycles. The zero-order chi connectivity index (χ0) is 26.0. The van der Waals surface area contributed by atoms with Gasteiger partial charge in [0.2, 0.25) is 11.7 Å². The highest BCUT2D eigenvalue weighted by Gasteiger charge is 2.36. The smallest absolute Gasteiger partial charge is 0.391 e. The molecule has 1 atom stereocenters. The highest BCUT2D eigenvalue weighted by molar-refractivity contribution is 7.91. The van der Waals surface area contributed by atoms with Gasteiger partial charge in [0.1, 0.15) is 34.7 Å². The average molecular weight is 529 g/mol. The largest absolute Gasteiger partial charge is 0.475 e. The van der Waals surface area contributed by atoms with Crippen molar-refractivity contribution in [2.24, 2.45) is 7.05 Å². The van der Waals surface area contributed by atoms with Crippen LogP contribution in [0.1, 0.15) is 36.8 Å². The maximum absolute atomic E-state index is 12.8. The molecule has 0 spiro atoms. The minimum absolute atomic E-state index is 0.00507. The summed E-state index contributed by atoms with van der Waals surface area (Å²) >= 11 is 0. The van der Waals surface area contributed by atoms with E-state index < -0.39 is 59.6 Å². The zero-order valence-electron chi connectivity index (χ0n) is 18.9. The van der Waals surface area contributed by atoms with E-state index >= 15 is 0 Å². The molecule has 1 aliphatic rings. The monoisotopic (exact) mass is 528 g/mol. The molecule has 0 bridgehead atoms. The Morgan fingerprint density at radius 2 is 1.86 bits per heavy atom. The van der Waals surface area contributed by atoms with Crippen LogP contribution in [0.15, 0.2) is 12.1 Å². The molecule has 0 radical (unpaired) electrons. The molecule has 196 valence electrons. The number of imidazole rings is 1. The van der Waals surface area contributed by atoms with E-state index in [1.165, 1.54) is 23.7 Å². The van der Waals surface area contributed by atoms with Crippen molar-refractivity contribution in [3.05, 3.63) is 18.0 Å². The lowest BCUT2D eigenvalue weighted by Gasteiger charge is -2.34. The number of hydrogen-bond donors (Lipinski definition) is 1. The third-order valence-corrected chi connectivity index (χ3v) is 7.23. The minimum Gasteiger partial charge on any atom is -0.475 e. The van der Waals surface area contributed by atoms with Crippen molar-refractivity contribution in [1.29, 1.82) is 0 Å². The van der Waals surface area contributed by atoms with E-state index in [4.69, 9.17) is 4.74 Å². The Labute approximate surface area is 197 Å². The third kappa shape index (κ3) is 7.46. The van der Waals surface area contributed by atoms with E-state index in [-0.39, 0.29) is 41.7 Å². The number of pyridine rings is 1. The summed E-state index contributed by atoms with van der Waals surface area (Å²) in [5.41, 5.74) is -0.222. The van der Waals surface area contributed by atoms with Gasteiger partial charge in [0, 0.05) is 18.7 Å². The number of ether oxygens (including phenoxy) is 2. The predicted octanol–water partition coefficient (Wildman–Crippen LogP) is 2.65. The van der Waals surface area contributed by atoms with Crippen LogP contribution in [-0.4, -0.2) is 77.8 Å². The first-order valence-corrected chi connectivity index (χ1v) is 12.4. The van der Waals surface area contributed by atoms with Crippen molar-refractivity contribution in [3.8, 4) is 5.88 Å². The zero-order valence-corrected chi connectivity index (χ0v) is 19.8.